The van der Waals surface area contributed by atoms with Crippen molar-refractivity contribution in [2.45, 2.75) is 24.3 Å². The first-order valence-electron chi connectivity index (χ1n) is 6.67. The van der Waals surface area contributed by atoms with Gasteiger partial charge in [-0.25, -0.2) is 8.78 Å². The molecule has 0 amide bonds. The number of benzene rings is 2. The molecule has 2 rings (SSSR count). The molecular formula is C16H18F2N2S. The molecule has 0 aromatic heterocycles. The zero-order chi connectivity index (χ0) is 15.2. The molecule has 0 aliphatic carbocycles. The molecule has 3 N–H and O–H groups in total. The molecule has 0 fully saturated rings. The lowest BCUT2D eigenvalue weighted by atomic mass is 10.1. The van der Waals surface area contributed by atoms with Crippen molar-refractivity contribution in [3.05, 3.63) is 65.2 Å². The summed E-state index contributed by atoms with van der Waals surface area (Å²) in [7, 11) is 0. The van der Waals surface area contributed by atoms with E-state index in [1.807, 2.05) is 6.92 Å². The van der Waals surface area contributed by atoms with Crippen molar-refractivity contribution in [2.24, 2.45) is 5.84 Å². The topological polar surface area (TPSA) is 38.0 Å². The fourth-order valence-electron chi connectivity index (χ4n) is 2.01. The van der Waals surface area contributed by atoms with Crippen molar-refractivity contribution in [2.75, 3.05) is 5.75 Å². The maximum absolute atomic E-state index is 13.2. The molecular weight excluding hydrogens is 290 g/mol. The number of halogens is 2. The van der Waals surface area contributed by atoms with Crippen LogP contribution in [0.1, 0.15) is 11.1 Å². The highest BCUT2D eigenvalue weighted by atomic mass is 32.2. The second-order valence-corrected chi connectivity index (χ2v) is 6.06. The number of nitrogens with two attached hydrogens (primary N) is 1. The Bertz CT molecular complexity index is 567. The second-order valence-electron chi connectivity index (χ2n) is 4.97. The highest BCUT2D eigenvalue weighted by Crippen LogP contribution is 2.20. The van der Waals surface area contributed by atoms with E-state index in [0.29, 0.717) is 12.0 Å². The highest BCUT2D eigenvalue weighted by Gasteiger charge is 2.10. The van der Waals surface area contributed by atoms with Crippen molar-refractivity contribution in [1.29, 1.82) is 0 Å². The molecule has 0 radical (unpaired) electrons. The molecule has 1 atom stereocenters. The van der Waals surface area contributed by atoms with E-state index in [1.165, 1.54) is 17.7 Å². The molecule has 1 unspecified atom stereocenters. The third-order valence-electron chi connectivity index (χ3n) is 3.11. The van der Waals surface area contributed by atoms with Crippen LogP contribution in [-0.2, 0) is 6.42 Å². The third kappa shape index (κ3) is 5.12. The minimum Gasteiger partial charge on any atom is -0.271 e. The van der Waals surface area contributed by atoms with Crippen LogP contribution in [0.2, 0.25) is 0 Å². The third-order valence-corrected chi connectivity index (χ3v) is 4.29. The van der Waals surface area contributed by atoms with Crippen LogP contribution in [0.4, 0.5) is 8.78 Å². The number of aryl methyl sites for hydroxylation is 1. The molecule has 0 saturated heterocycles. The molecule has 112 valence electrons. The van der Waals surface area contributed by atoms with E-state index < -0.39 is 11.6 Å². The Kier molecular flexibility index (Phi) is 5.73. The van der Waals surface area contributed by atoms with Gasteiger partial charge in [0.25, 0.3) is 0 Å². The van der Waals surface area contributed by atoms with Crippen molar-refractivity contribution in [1.82, 2.24) is 5.43 Å². The van der Waals surface area contributed by atoms with Crippen LogP contribution < -0.4 is 11.3 Å². The minimum atomic E-state index is -0.563. The zero-order valence-electron chi connectivity index (χ0n) is 11.8. The Balaban J connectivity index is 1.95. The fraction of sp³-hybridized carbons (Fsp3) is 0.250. The molecule has 21 heavy (non-hydrogen) atoms. The molecule has 2 nitrogen and oxygen atoms in total. The number of hydrogen-bond donors (Lipinski definition) is 2. The van der Waals surface area contributed by atoms with Crippen LogP contribution in [0.3, 0.4) is 0 Å². The van der Waals surface area contributed by atoms with E-state index in [-0.39, 0.29) is 6.04 Å². The molecule has 0 saturated carbocycles. The van der Waals surface area contributed by atoms with E-state index in [1.54, 1.807) is 11.8 Å². The summed E-state index contributed by atoms with van der Waals surface area (Å²) in [6.07, 6.45) is 0.476. The summed E-state index contributed by atoms with van der Waals surface area (Å²) >= 11 is 1.66. The summed E-state index contributed by atoms with van der Waals surface area (Å²) in [5.74, 6) is 5.13. The van der Waals surface area contributed by atoms with E-state index in [9.17, 15) is 8.78 Å². The van der Waals surface area contributed by atoms with Gasteiger partial charge in [0, 0.05) is 22.8 Å². The average molecular weight is 308 g/mol. The molecule has 2 aromatic rings. The molecule has 0 heterocycles. The Hall–Kier alpha value is -1.43. The smallest absolute Gasteiger partial charge is 0.126 e. The molecule has 5 heteroatoms. The standard InChI is InChI=1S/C16H18F2N2S/c1-11-2-4-16(5-3-11)21-10-15(20-19)8-12-6-13(17)9-14(18)7-12/h2-7,9,15,20H,8,10,19H2,1H3. The quantitative estimate of drug-likeness (QED) is 0.488. The van der Waals surface area contributed by atoms with Gasteiger partial charge in [-0.3, -0.25) is 11.3 Å². The predicted octanol–water partition coefficient (Wildman–Crippen LogP) is 3.44. The van der Waals surface area contributed by atoms with Gasteiger partial charge in [-0.05, 0) is 43.2 Å². The van der Waals surface area contributed by atoms with Gasteiger partial charge in [-0.15, -0.1) is 11.8 Å². The van der Waals surface area contributed by atoms with Gasteiger partial charge in [0.2, 0.25) is 0 Å². The van der Waals surface area contributed by atoms with Gasteiger partial charge >= 0.3 is 0 Å². The molecule has 0 aliphatic heterocycles. The summed E-state index contributed by atoms with van der Waals surface area (Å²) in [5.41, 5.74) is 4.51. The number of hydrazine groups is 1. The predicted molar refractivity (Wildman–Crippen MR) is 83.1 cm³/mol. The first kappa shape index (κ1) is 15.9. The van der Waals surface area contributed by atoms with E-state index in [0.717, 1.165) is 16.7 Å². The lowest BCUT2D eigenvalue weighted by Crippen LogP contribution is -2.38. The number of rotatable bonds is 6. The number of nitrogens with one attached hydrogen (secondary N) is 1. The van der Waals surface area contributed by atoms with Crippen molar-refractivity contribution in [3.63, 3.8) is 0 Å². The van der Waals surface area contributed by atoms with Gasteiger partial charge in [-0.1, -0.05) is 17.7 Å². The molecule has 0 spiro atoms. The SMILES string of the molecule is Cc1ccc(SCC(Cc2cc(F)cc(F)c2)NN)cc1. The average Bonchev–Trinajstić information content (AvgIpc) is 2.44. The van der Waals surface area contributed by atoms with Crippen molar-refractivity contribution in [3.8, 4) is 0 Å². The van der Waals surface area contributed by atoms with Gasteiger partial charge in [-0.2, -0.15) is 0 Å². The van der Waals surface area contributed by atoms with Crippen LogP contribution in [0.5, 0.6) is 0 Å². The summed E-state index contributed by atoms with van der Waals surface area (Å²) < 4.78 is 26.3. The summed E-state index contributed by atoms with van der Waals surface area (Å²) in [6, 6.07) is 11.7. The highest BCUT2D eigenvalue weighted by molar-refractivity contribution is 7.99. The van der Waals surface area contributed by atoms with E-state index in [2.05, 4.69) is 29.7 Å². The van der Waals surface area contributed by atoms with Gasteiger partial charge in [0.05, 0.1) is 0 Å². The van der Waals surface area contributed by atoms with Gasteiger partial charge < -0.3 is 0 Å². The van der Waals surface area contributed by atoms with Crippen LogP contribution in [0.25, 0.3) is 0 Å². The minimum absolute atomic E-state index is 0.0579. The summed E-state index contributed by atoms with van der Waals surface area (Å²) in [5, 5.41) is 0. The maximum atomic E-state index is 13.2. The Morgan fingerprint density at radius 3 is 2.29 bits per heavy atom. The molecule has 2 aromatic carbocycles. The summed E-state index contributed by atoms with van der Waals surface area (Å²) in [6.45, 7) is 2.04. The first-order chi connectivity index (χ1) is 10.1. The Labute approximate surface area is 127 Å². The molecule has 0 bridgehead atoms. The Morgan fingerprint density at radius 2 is 1.71 bits per heavy atom. The maximum Gasteiger partial charge on any atom is 0.126 e. The van der Waals surface area contributed by atoms with Crippen LogP contribution in [-0.4, -0.2) is 11.8 Å². The fourth-order valence-corrected chi connectivity index (χ4v) is 2.95. The number of hydrogen-bond acceptors (Lipinski definition) is 3. The lowest BCUT2D eigenvalue weighted by Gasteiger charge is -2.15. The van der Waals surface area contributed by atoms with Crippen LogP contribution in [0, 0.1) is 18.6 Å². The van der Waals surface area contributed by atoms with Crippen LogP contribution in [0.15, 0.2) is 47.4 Å². The van der Waals surface area contributed by atoms with Gasteiger partial charge in [0.15, 0.2) is 0 Å². The normalized spacial score (nSPS) is 12.4. The Morgan fingerprint density at radius 1 is 1.10 bits per heavy atom. The van der Waals surface area contributed by atoms with E-state index in [4.69, 9.17) is 5.84 Å². The van der Waals surface area contributed by atoms with Crippen LogP contribution >= 0.6 is 11.8 Å². The summed E-state index contributed by atoms with van der Waals surface area (Å²) in [4.78, 5) is 1.14. The lowest BCUT2D eigenvalue weighted by molar-refractivity contribution is 0.556. The first-order valence-corrected chi connectivity index (χ1v) is 7.66. The van der Waals surface area contributed by atoms with Gasteiger partial charge in [0.1, 0.15) is 11.6 Å². The molecule has 0 aliphatic rings. The van der Waals surface area contributed by atoms with Crippen molar-refractivity contribution < 1.29 is 8.78 Å². The van der Waals surface area contributed by atoms with E-state index >= 15 is 0 Å². The zero-order valence-corrected chi connectivity index (χ0v) is 12.6. The largest absolute Gasteiger partial charge is 0.271 e. The second kappa shape index (κ2) is 7.54. The monoisotopic (exact) mass is 308 g/mol. The van der Waals surface area contributed by atoms with Crippen molar-refractivity contribution >= 4 is 11.8 Å². The number of thioether (sulfide) groups is 1.